The quantitative estimate of drug-likeness (QED) is 0.673. The van der Waals surface area contributed by atoms with Crippen molar-refractivity contribution in [2.45, 2.75) is 20.8 Å². The average molecular weight is 161 g/mol. The summed E-state index contributed by atoms with van der Waals surface area (Å²) in [4.78, 5) is 0. The second-order valence-electron chi connectivity index (χ2n) is 3.06. The Labute approximate surface area is 73.9 Å². The Morgan fingerprint density at radius 3 is 2.58 bits per heavy atom. The Morgan fingerprint density at radius 1 is 1.33 bits per heavy atom. The van der Waals surface area contributed by atoms with Crippen molar-refractivity contribution in [3.8, 4) is 0 Å². The summed E-state index contributed by atoms with van der Waals surface area (Å²) in [5.41, 5.74) is 10.3. The summed E-state index contributed by atoms with van der Waals surface area (Å²) in [5, 5.41) is 0. The van der Waals surface area contributed by atoms with Gasteiger partial charge in [-0.25, -0.2) is 0 Å². The average Bonchev–Trinajstić information content (AvgIpc) is 2.08. The molecule has 0 heterocycles. The Bertz CT molecular complexity index is 311. The predicted molar refractivity (Wildman–Crippen MR) is 53.8 cm³/mol. The van der Waals surface area contributed by atoms with E-state index in [9.17, 15) is 0 Å². The fraction of sp³-hybridized carbons (Fsp3) is 0.273. The van der Waals surface area contributed by atoms with Crippen LogP contribution in [0.2, 0.25) is 0 Å². The van der Waals surface area contributed by atoms with Gasteiger partial charge in [0, 0.05) is 11.3 Å². The summed E-state index contributed by atoms with van der Waals surface area (Å²) in [6, 6.07) is 6.31. The lowest BCUT2D eigenvalue weighted by atomic mass is 10.0. The molecule has 0 aliphatic carbocycles. The van der Waals surface area contributed by atoms with Crippen LogP contribution in [-0.4, -0.2) is 0 Å². The number of rotatable bonds is 1. The molecule has 1 aromatic carbocycles. The largest absolute Gasteiger partial charge is 0.399 e. The molecule has 0 fully saturated rings. The second kappa shape index (κ2) is 3.44. The van der Waals surface area contributed by atoms with Crippen molar-refractivity contribution in [2.75, 3.05) is 0 Å². The molecule has 0 amide bonds. The third kappa shape index (κ3) is 1.67. The molecule has 2 N–H and O–H groups in total. The van der Waals surface area contributed by atoms with Gasteiger partial charge in [0.15, 0.2) is 0 Å². The van der Waals surface area contributed by atoms with Gasteiger partial charge in [0.2, 0.25) is 0 Å². The zero-order valence-corrected chi connectivity index (χ0v) is 7.89. The topological polar surface area (TPSA) is 26.0 Å². The zero-order valence-electron chi connectivity index (χ0n) is 7.89. The maximum atomic E-state index is 5.83. The molecule has 0 aliphatic heterocycles. The summed E-state index contributed by atoms with van der Waals surface area (Å²) in [5.74, 6) is 0. The van der Waals surface area contributed by atoms with Crippen LogP contribution in [0.4, 0.5) is 0 Å². The fourth-order valence-electron chi connectivity index (χ4n) is 1.20. The summed E-state index contributed by atoms with van der Waals surface area (Å²) in [7, 11) is 0. The van der Waals surface area contributed by atoms with E-state index < -0.39 is 0 Å². The van der Waals surface area contributed by atoms with Crippen LogP contribution in [0.15, 0.2) is 24.3 Å². The molecule has 1 rings (SSSR count). The van der Waals surface area contributed by atoms with Crippen LogP contribution in [0.3, 0.4) is 0 Å². The zero-order chi connectivity index (χ0) is 9.14. The highest BCUT2D eigenvalue weighted by molar-refractivity contribution is 5.65. The van der Waals surface area contributed by atoms with Crippen LogP contribution in [0.5, 0.6) is 0 Å². The Balaban J connectivity index is 3.23. The highest BCUT2D eigenvalue weighted by Gasteiger charge is 1.99. The van der Waals surface area contributed by atoms with Gasteiger partial charge in [-0.2, -0.15) is 0 Å². The van der Waals surface area contributed by atoms with Gasteiger partial charge in [-0.1, -0.05) is 23.8 Å². The number of allylic oxidation sites excluding steroid dienone is 1. The molecule has 1 nitrogen and oxygen atoms in total. The van der Waals surface area contributed by atoms with Gasteiger partial charge < -0.3 is 5.73 Å². The molecule has 1 heteroatoms. The van der Waals surface area contributed by atoms with Crippen molar-refractivity contribution in [1.82, 2.24) is 0 Å². The summed E-state index contributed by atoms with van der Waals surface area (Å²) < 4.78 is 0. The molecule has 64 valence electrons. The van der Waals surface area contributed by atoms with Crippen LogP contribution < -0.4 is 5.73 Å². The molecule has 0 saturated heterocycles. The van der Waals surface area contributed by atoms with Gasteiger partial charge in [-0.15, -0.1) is 0 Å². The van der Waals surface area contributed by atoms with Gasteiger partial charge in [0.1, 0.15) is 0 Å². The van der Waals surface area contributed by atoms with Crippen molar-refractivity contribution >= 4 is 5.70 Å². The van der Waals surface area contributed by atoms with Crippen LogP contribution in [0.25, 0.3) is 5.70 Å². The molecule has 0 unspecified atom stereocenters. The maximum absolute atomic E-state index is 5.83. The lowest BCUT2D eigenvalue weighted by Gasteiger charge is -2.06. The molecule has 0 atom stereocenters. The minimum Gasteiger partial charge on any atom is -0.399 e. The molecule has 0 spiro atoms. The number of hydrogen-bond acceptors (Lipinski definition) is 1. The highest BCUT2D eigenvalue weighted by atomic mass is 14.6. The van der Waals surface area contributed by atoms with Crippen LogP contribution in [-0.2, 0) is 0 Å². The first kappa shape index (κ1) is 8.85. The lowest BCUT2D eigenvalue weighted by Crippen LogP contribution is -1.98. The molecule has 0 bridgehead atoms. The van der Waals surface area contributed by atoms with Gasteiger partial charge in [-0.05, 0) is 32.4 Å². The van der Waals surface area contributed by atoms with E-state index in [1.54, 1.807) is 0 Å². The predicted octanol–water partition coefficient (Wildman–Crippen LogP) is 2.62. The number of nitrogens with two attached hydrogens (primary N) is 1. The standard InChI is InChI=1S/C11H15N/c1-4-11(12)10-7-8(2)5-6-9(10)3/h4-7H,12H2,1-3H3/b11-4-. The van der Waals surface area contributed by atoms with E-state index in [0.717, 1.165) is 11.3 Å². The number of aryl methyl sites for hydroxylation is 2. The number of hydrogen-bond donors (Lipinski definition) is 1. The van der Waals surface area contributed by atoms with Crippen molar-refractivity contribution in [3.05, 3.63) is 41.0 Å². The van der Waals surface area contributed by atoms with E-state index in [1.165, 1.54) is 11.1 Å². The highest BCUT2D eigenvalue weighted by Crippen LogP contribution is 2.15. The molecule has 0 aliphatic rings. The minimum absolute atomic E-state index is 0.858. The minimum atomic E-state index is 0.858. The molecular weight excluding hydrogens is 146 g/mol. The smallest absolute Gasteiger partial charge is 0.0347 e. The normalized spacial score (nSPS) is 11.8. The van der Waals surface area contributed by atoms with E-state index >= 15 is 0 Å². The molecule has 12 heavy (non-hydrogen) atoms. The van der Waals surface area contributed by atoms with Gasteiger partial charge in [0.05, 0.1) is 0 Å². The second-order valence-corrected chi connectivity index (χ2v) is 3.06. The maximum Gasteiger partial charge on any atom is 0.0347 e. The summed E-state index contributed by atoms with van der Waals surface area (Å²) >= 11 is 0. The SMILES string of the molecule is C/C=C(\N)c1cc(C)ccc1C. The van der Waals surface area contributed by atoms with Gasteiger partial charge in [-0.3, -0.25) is 0 Å². The molecule has 1 aromatic rings. The van der Waals surface area contributed by atoms with Gasteiger partial charge >= 0.3 is 0 Å². The first-order chi connectivity index (χ1) is 5.65. The van der Waals surface area contributed by atoms with Crippen LogP contribution >= 0.6 is 0 Å². The monoisotopic (exact) mass is 161 g/mol. The molecule has 0 radical (unpaired) electrons. The van der Waals surface area contributed by atoms with Gasteiger partial charge in [0.25, 0.3) is 0 Å². The molecule has 0 aromatic heterocycles. The molecular formula is C11H15N. The lowest BCUT2D eigenvalue weighted by molar-refractivity contribution is 1.34. The Hall–Kier alpha value is -1.24. The fourth-order valence-corrected chi connectivity index (χ4v) is 1.20. The number of benzene rings is 1. The third-order valence-corrected chi connectivity index (χ3v) is 2.02. The van der Waals surface area contributed by atoms with E-state index in [0.29, 0.717) is 0 Å². The van der Waals surface area contributed by atoms with Crippen LogP contribution in [0.1, 0.15) is 23.6 Å². The van der Waals surface area contributed by atoms with E-state index in [2.05, 4.69) is 32.0 Å². The van der Waals surface area contributed by atoms with E-state index in [4.69, 9.17) is 5.73 Å². The summed E-state index contributed by atoms with van der Waals surface area (Å²) in [6.45, 7) is 6.11. The third-order valence-electron chi connectivity index (χ3n) is 2.02. The Morgan fingerprint density at radius 2 is 2.00 bits per heavy atom. The molecule has 0 saturated carbocycles. The van der Waals surface area contributed by atoms with E-state index in [-0.39, 0.29) is 0 Å². The first-order valence-corrected chi connectivity index (χ1v) is 4.14. The van der Waals surface area contributed by atoms with Crippen molar-refractivity contribution in [2.24, 2.45) is 5.73 Å². The van der Waals surface area contributed by atoms with Crippen molar-refractivity contribution in [1.29, 1.82) is 0 Å². The van der Waals surface area contributed by atoms with Crippen LogP contribution in [0, 0.1) is 13.8 Å². The van der Waals surface area contributed by atoms with E-state index in [1.807, 2.05) is 13.0 Å². The first-order valence-electron chi connectivity index (χ1n) is 4.14. The van der Waals surface area contributed by atoms with Crippen molar-refractivity contribution in [3.63, 3.8) is 0 Å². The summed E-state index contributed by atoms with van der Waals surface area (Å²) in [6.07, 6.45) is 1.93. The Kier molecular flexibility index (Phi) is 2.54. The van der Waals surface area contributed by atoms with Crippen molar-refractivity contribution < 1.29 is 0 Å².